The van der Waals surface area contributed by atoms with E-state index in [9.17, 15) is 0 Å². The highest BCUT2D eigenvalue weighted by Gasteiger charge is 2.08. The van der Waals surface area contributed by atoms with Gasteiger partial charge in [0.05, 0.1) is 0 Å². The van der Waals surface area contributed by atoms with E-state index in [1.54, 1.807) is 0 Å². The van der Waals surface area contributed by atoms with Crippen LogP contribution in [-0.4, -0.2) is 19.8 Å². The fraction of sp³-hybridized carbons (Fsp3) is 0.625. The Hall–Kier alpha value is -0.570. The molecule has 0 saturated heterocycles. The van der Waals surface area contributed by atoms with Crippen LogP contribution in [0.15, 0.2) is 24.3 Å². The summed E-state index contributed by atoms with van der Waals surface area (Å²) in [5.74, 6) is 0.614. The first-order valence-corrected chi connectivity index (χ1v) is 7.57. The summed E-state index contributed by atoms with van der Waals surface area (Å²) in [4.78, 5) is 0. The molecular formula is C16H26ClNO. The van der Waals surface area contributed by atoms with Crippen molar-refractivity contribution in [3.8, 4) is 0 Å². The number of rotatable bonds is 9. The molecule has 0 amide bonds. The van der Waals surface area contributed by atoms with Crippen molar-refractivity contribution in [3.63, 3.8) is 0 Å². The van der Waals surface area contributed by atoms with Crippen LogP contribution in [-0.2, 0) is 4.74 Å². The summed E-state index contributed by atoms with van der Waals surface area (Å²) in [5.41, 5.74) is 1.26. The number of hydrogen-bond acceptors (Lipinski definition) is 2. The summed E-state index contributed by atoms with van der Waals surface area (Å²) in [6.45, 7) is 9.19. The topological polar surface area (TPSA) is 21.3 Å². The summed E-state index contributed by atoms with van der Waals surface area (Å²) < 4.78 is 5.57. The Bertz CT molecular complexity index is 354. The molecule has 1 aromatic carbocycles. The Morgan fingerprint density at radius 1 is 1.32 bits per heavy atom. The Labute approximate surface area is 122 Å². The monoisotopic (exact) mass is 283 g/mol. The maximum absolute atomic E-state index is 6.03. The highest BCUT2D eigenvalue weighted by atomic mass is 35.5. The molecule has 1 aromatic rings. The molecule has 0 spiro atoms. The fourth-order valence-corrected chi connectivity index (χ4v) is 2.19. The third kappa shape index (κ3) is 6.95. The van der Waals surface area contributed by atoms with Gasteiger partial charge in [-0.25, -0.2) is 0 Å². The van der Waals surface area contributed by atoms with E-state index in [0.717, 1.165) is 37.6 Å². The second-order valence-corrected chi connectivity index (χ2v) is 5.73. The van der Waals surface area contributed by atoms with Crippen LogP contribution in [0.3, 0.4) is 0 Å². The predicted molar refractivity (Wildman–Crippen MR) is 82.8 cm³/mol. The Morgan fingerprint density at radius 3 is 2.74 bits per heavy atom. The first-order chi connectivity index (χ1) is 9.13. The van der Waals surface area contributed by atoms with Crippen molar-refractivity contribution in [1.29, 1.82) is 0 Å². The van der Waals surface area contributed by atoms with Crippen LogP contribution in [0.1, 0.15) is 45.2 Å². The van der Waals surface area contributed by atoms with Crippen molar-refractivity contribution >= 4 is 11.6 Å². The molecule has 0 aliphatic rings. The highest BCUT2D eigenvalue weighted by Crippen LogP contribution is 2.20. The van der Waals surface area contributed by atoms with E-state index in [-0.39, 0.29) is 0 Å². The summed E-state index contributed by atoms with van der Waals surface area (Å²) in [6.07, 6.45) is 2.11. The first-order valence-electron chi connectivity index (χ1n) is 7.20. The van der Waals surface area contributed by atoms with Crippen molar-refractivity contribution in [2.24, 2.45) is 5.92 Å². The molecule has 1 N–H and O–H groups in total. The van der Waals surface area contributed by atoms with Gasteiger partial charge in [0, 0.05) is 24.3 Å². The molecule has 0 aliphatic heterocycles. The lowest BCUT2D eigenvalue weighted by atomic mass is 10.0. The molecule has 19 heavy (non-hydrogen) atoms. The highest BCUT2D eigenvalue weighted by molar-refractivity contribution is 6.30. The van der Waals surface area contributed by atoms with Crippen LogP contribution in [0.4, 0.5) is 0 Å². The molecule has 3 heteroatoms. The zero-order valence-electron chi connectivity index (χ0n) is 12.3. The smallest absolute Gasteiger partial charge is 0.0489 e. The maximum atomic E-state index is 6.03. The Balaban J connectivity index is 2.26. The van der Waals surface area contributed by atoms with E-state index >= 15 is 0 Å². The van der Waals surface area contributed by atoms with E-state index in [1.807, 2.05) is 18.2 Å². The minimum Gasteiger partial charge on any atom is -0.381 e. The number of ether oxygens (including phenoxy) is 1. The third-order valence-electron chi connectivity index (χ3n) is 2.97. The molecule has 2 nitrogen and oxygen atoms in total. The van der Waals surface area contributed by atoms with Crippen molar-refractivity contribution in [1.82, 2.24) is 5.32 Å². The predicted octanol–water partition coefficient (Wildman–Crippen LogP) is 4.44. The molecule has 1 rings (SSSR count). The van der Waals surface area contributed by atoms with Crippen molar-refractivity contribution in [2.75, 3.05) is 19.8 Å². The van der Waals surface area contributed by atoms with Gasteiger partial charge in [-0.2, -0.15) is 0 Å². The van der Waals surface area contributed by atoms with Gasteiger partial charge in [-0.05, 0) is 43.0 Å². The molecular weight excluding hydrogens is 258 g/mol. The van der Waals surface area contributed by atoms with Gasteiger partial charge >= 0.3 is 0 Å². The quantitative estimate of drug-likeness (QED) is 0.676. The lowest BCUT2D eigenvalue weighted by Gasteiger charge is -2.17. The number of benzene rings is 1. The summed E-state index contributed by atoms with van der Waals surface area (Å²) in [7, 11) is 0. The molecule has 0 bridgehead atoms. The van der Waals surface area contributed by atoms with Gasteiger partial charge in [-0.3, -0.25) is 0 Å². The van der Waals surface area contributed by atoms with Gasteiger partial charge in [0.15, 0.2) is 0 Å². The molecule has 1 unspecified atom stereocenters. The Kier molecular flexibility index (Phi) is 8.11. The minimum absolute atomic E-state index is 0.379. The average molecular weight is 284 g/mol. The van der Waals surface area contributed by atoms with E-state index in [0.29, 0.717) is 12.0 Å². The van der Waals surface area contributed by atoms with Crippen LogP contribution < -0.4 is 5.32 Å². The second kappa shape index (κ2) is 9.35. The van der Waals surface area contributed by atoms with Gasteiger partial charge in [-0.1, -0.05) is 44.5 Å². The van der Waals surface area contributed by atoms with Crippen LogP contribution >= 0.6 is 11.6 Å². The maximum Gasteiger partial charge on any atom is 0.0489 e. The average Bonchev–Trinajstić information content (AvgIpc) is 2.37. The molecule has 108 valence electrons. The standard InChI is InChI=1S/C16H26ClNO/c1-4-16(14-7-5-8-15(17)11-14)18-9-6-10-19-12-13(2)3/h5,7-8,11,13,16,18H,4,6,9-10,12H2,1-3H3. The lowest BCUT2D eigenvalue weighted by Crippen LogP contribution is -2.23. The van der Waals surface area contributed by atoms with E-state index in [4.69, 9.17) is 16.3 Å². The number of nitrogens with one attached hydrogen (secondary N) is 1. The minimum atomic E-state index is 0.379. The number of halogens is 1. The largest absolute Gasteiger partial charge is 0.381 e. The molecule has 0 fully saturated rings. The normalized spacial score (nSPS) is 12.9. The number of hydrogen-bond donors (Lipinski definition) is 1. The van der Waals surface area contributed by atoms with Gasteiger partial charge in [0.2, 0.25) is 0 Å². The SMILES string of the molecule is CCC(NCCCOCC(C)C)c1cccc(Cl)c1. The van der Waals surface area contributed by atoms with Crippen LogP contribution in [0.5, 0.6) is 0 Å². The molecule has 0 aliphatic carbocycles. The zero-order valence-corrected chi connectivity index (χ0v) is 13.0. The van der Waals surface area contributed by atoms with Gasteiger partial charge in [0.1, 0.15) is 0 Å². The molecule has 0 aromatic heterocycles. The van der Waals surface area contributed by atoms with E-state index in [2.05, 4.69) is 32.2 Å². The van der Waals surface area contributed by atoms with Gasteiger partial charge in [-0.15, -0.1) is 0 Å². The second-order valence-electron chi connectivity index (χ2n) is 5.29. The van der Waals surface area contributed by atoms with Crippen molar-refractivity contribution in [2.45, 2.75) is 39.7 Å². The van der Waals surface area contributed by atoms with Gasteiger partial charge < -0.3 is 10.1 Å². The van der Waals surface area contributed by atoms with E-state index < -0.39 is 0 Å². The Morgan fingerprint density at radius 2 is 2.11 bits per heavy atom. The van der Waals surface area contributed by atoms with Crippen LogP contribution in [0.25, 0.3) is 0 Å². The fourth-order valence-electron chi connectivity index (χ4n) is 1.99. The van der Waals surface area contributed by atoms with Crippen molar-refractivity contribution in [3.05, 3.63) is 34.9 Å². The molecule has 0 radical (unpaired) electrons. The lowest BCUT2D eigenvalue weighted by molar-refractivity contribution is 0.107. The molecule has 0 saturated carbocycles. The van der Waals surface area contributed by atoms with Gasteiger partial charge in [0.25, 0.3) is 0 Å². The third-order valence-corrected chi connectivity index (χ3v) is 3.20. The van der Waals surface area contributed by atoms with E-state index in [1.165, 1.54) is 5.56 Å². The van der Waals surface area contributed by atoms with Crippen LogP contribution in [0, 0.1) is 5.92 Å². The summed E-state index contributed by atoms with van der Waals surface area (Å²) in [5, 5.41) is 4.37. The molecule has 1 atom stereocenters. The summed E-state index contributed by atoms with van der Waals surface area (Å²) >= 11 is 6.03. The zero-order chi connectivity index (χ0) is 14.1. The van der Waals surface area contributed by atoms with Crippen molar-refractivity contribution < 1.29 is 4.74 Å². The summed E-state index contributed by atoms with van der Waals surface area (Å²) in [6, 6.07) is 8.47. The van der Waals surface area contributed by atoms with Crippen LogP contribution in [0.2, 0.25) is 5.02 Å². The molecule has 0 heterocycles. The first kappa shape index (κ1) is 16.5.